The average molecular weight is 329 g/mol. The first-order valence-corrected chi connectivity index (χ1v) is 8.55. The van der Waals surface area contributed by atoms with Gasteiger partial charge in [-0.3, -0.25) is 4.98 Å². The van der Waals surface area contributed by atoms with Crippen molar-refractivity contribution in [1.29, 1.82) is 0 Å². The molecule has 1 aromatic carbocycles. The second-order valence-electron chi connectivity index (χ2n) is 5.24. The lowest BCUT2D eigenvalue weighted by atomic mass is 10.1. The predicted octanol–water partition coefficient (Wildman–Crippen LogP) is 5.79. The van der Waals surface area contributed by atoms with Gasteiger partial charge in [-0.05, 0) is 37.1 Å². The Morgan fingerprint density at radius 1 is 1.14 bits per heavy atom. The van der Waals surface area contributed by atoms with Crippen molar-refractivity contribution in [3.63, 3.8) is 0 Å². The second-order valence-corrected chi connectivity index (χ2v) is 6.76. The smallest absolute Gasteiger partial charge is 0.126 e. The van der Waals surface area contributed by atoms with Gasteiger partial charge in [0, 0.05) is 33.4 Å². The van der Waals surface area contributed by atoms with Gasteiger partial charge in [-0.15, -0.1) is 11.3 Å². The minimum Gasteiger partial charge on any atom is -0.264 e. The molecule has 0 saturated heterocycles. The van der Waals surface area contributed by atoms with Crippen molar-refractivity contribution in [2.24, 2.45) is 0 Å². The minimum absolute atomic E-state index is 0.749. The number of aryl methyl sites for hydroxylation is 2. The molecule has 3 rings (SSSR count). The predicted molar refractivity (Wildman–Crippen MR) is 94.5 cm³/mol. The first-order chi connectivity index (χ1) is 10.7. The van der Waals surface area contributed by atoms with Gasteiger partial charge in [-0.1, -0.05) is 37.1 Å². The highest BCUT2D eigenvalue weighted by Crippen LogP contribution is 2.35. The van der Waals surface area contributed by atoms with Crippen LogP contribution in [0, 0.1) is 6.92 Å². The molecule has 22 heavy (non-hydrogen) atoms. The molecule has 0 unspecified atom stereocenters. The summed E-state index contributed by atoms with van der Waals surface area (Å²) >= 11 is 7.76. The molecular formula is C18H17ClN2S. The Morgan fingerprint density at radius 2 is 1.91 bits per heavy atom. The first-order valence-electron chi connectivity index (χ1n) is 7.35. The number of rotatable bonds is 4. The van der Waals surface area contributed by atoms with Crippen molar-refractivity contribution in [1.82, 2.24) is 9.97 Å². The fraction of sp³-hybridized carbons (Fsp3) is 0.222. The van der Waals surface area contributed by atoms with E-state index in [1.807, 2.05) is 42.7 Å². The van der Waals surface area contributed by atoms with Crippen molar-refractivity contribution in [3.05, 3.63) is 58.2 Å². The fourth-order valence-electron chi connectivity index (χ4n) is 2.38. The molecular weight excluding hydrogens is 312 g/mol. The van der Waals surface area contributed by atoms with Crippen LogP contribution in [0.5, 0.6) is 0 Å². The van der Waals surface area contributed by atoms with Gasteiger partial charge in [0.15, 0.2) is 0 Å². The third-order valence-corrected chi connectivity index (χ3v) is 4.96. The van der Waals surface area contributed by atoms with Gasteiger partial charge in [-0.2, -0.15) is 0 Å². The molecule has 0 spiro atoms. The van der Waals surface area contributed by atoms with Crippen LogP contribution in [0.1, 0.15) is 23.8 Å². The second kappa shape index (κ2) is 6.59. The monoisotopic (exact) mass is 328 g/mol. The molecule has 0 aliphatic rings. The van der Waals surface area contributed by atoms with Crippen molar-refractivity contribution in [2.45, 2.75) is 26.7 Å². The van der Waals surface area contributed by atoms with E-state index in [0.717, 1.165) is 39.7 Å². The quantitative estimate of drug-likeness (QED) is 0.606. The average Bonchev–Trinajstić information content (AvgIpc) is 2.93. The van der Waals surface area contributed by atoms with Gasteiger partial charge in [0.05, 0.1) is 5.69 Å². The summed E-state index contributed by atoms with van der Waals surface area (Å²) < 4.78 is 0. The van der Waals surface area contributed by atoms with E-state index in [1.54, 1.807) is 11.3 Å². The first kappa shape index (κ1) is 15.2. The van der Waals surface area contributed by atoms with E-state index in [4.69, 9.17) is 16.6 Å². The van der Waals surface area contributed by atoms with Crippen molar-refractivity contribution in [3.8, 4) is 21.8 Å². The Bertz CT molecular complexity index is 778. The molecule has 0 aliphatic heterocycles. The molecule has 0 atom stereocenters. The number of hydrogen-bond acceptors (Lipinski definition) is 3. The van der Waals surface area contributed by atoms with Crippen LogP contribution in [-0.4, -0.2) is 9.97 Å². The van der Waals surface area contributed by atoms with Gasteiger partial charge in [-0.25, -0.2) is 4.98 Å². The van der Waals surface area contributed by atoms with Gasteiger partial charge >= 0.3 is 0 Å². The number of halogens is 1. The molecule has 3 aromatic rings. The summed E-state index contributed by atoms with van der Waals surface area (Å²) in [6.45, 7) is 4.29. The van der Waals surface area contributed by atoms with Gasteiger partial charge < -0.3 is 0 Å². The molecule has 0 N–H and O–H groups in total. The Balaban J connectivity index is 2.10. The van der Waals surface area contributed by atoms with Crippen molar-refractivity contribution >= 4 is 22.9 Å². The summed E-state index contributed by atoms with van der Waals surface area (Å²) in [6, 6.07) is 9.94. The number of pyridine rings is 1. The molecule has 0 amide bonds. The molecule has 0 saturated carbocycles. The van der Waals surface area contributed by atoms with Gasteiger partial charge in [0.25, 0.3) is 0 Å². The van der Waals surface area contributed by atoms with Crippen LogP contribution in [0.3, 0.4) is 0 Å². The van der Waals surface area contributed by atoms with Crippen LogP contribution in [0.4, 0.5) is 0 Å². The van der Waals surface area contributed by atoms with E-state index >= 15 is 0 Å². The van der Waals surface area contributed by atoms with Crippen LogP contribution >= 0.6 is 22.9 Å². The Kier molecular flexibility index (Phi) is 4.55. The molecule has 0 fully saturated rings. The molecule has 0 radical (unpaired) electrons. The number of nitrogens with zero attached hydrogens (tertiary/aromatic N) is 2. The van der Waals surface area contributed by atoms with Crippen molar-refractivity contribution in [2.75, 3.05) is 0 Å². The third-order valence-electron chi connectivity index (χ3n) is 3.56. The summed E-state index contributed by atoms with van der Waals surface area (Å²) in [5.74, 6) is 0. The number of hydrogen-bond donors (Lipinski definition) is 0. The summed E-state index contributed by atoms with van der Waals surface area (Å²) in [4.78, 5) is 10.5. The maximum absolute atomic E-state index is 6.00. The lowest BCUT2D eigenvalue weighted by Crippen LogP contribution is -1.86. The van der Waals surface area contributed by atoms with Crippen LogP contribution < -0.4 is 0 Å². The number of aromatic nitrogens is 2. The molecule has 0 bridgehead atoms. The van der Waals surface area contributed by atoms with E-state index in [1.165, 1.54) is 10.4 Å². The highest BCUT2D eigenvalue weighted by molar-refractivity contribution is 7.15. The van der Waals surface area contributed by atoms with Crippen LogP contribution in [0.15, 0.2) is 42.7 Å². The van der Waals surface area contributed by atoms with Crippen molar-refractivity contribution < 1.29 is 0 Å². The molecule has 2 nitrogen and oxygen atoms in total. The summed E-state index contributed by atoms with van der Waals surface area (Å²) in [5, 5.41) is 1.79. The largest absolute Gasteiger partial charge is 0.264 e. The summed E-state index contributed by atoms with van der Waals surface area (Å²) in [5.41, 5.74) is 4.51. The lowest BCUT2D eigenvalue weighted by Gasteiger charge is -2.01. The van der Waals surface area contributed by atoms with Gasteiger partial charge in [0.1, 0.15) is 5.01 Å². The molecule has 0 aliphatic carbocycles. The lowest BCUT2D eigenvalue weighted by molar-refractivity contribution is 0.938. The van der Waals surface area contributed by atoms with Gasteiger partial charge in [0.2, 0.25) is 0 Å². The third kappa shape index (κ3) is 3.06. The van der Waals surface area contributed by atoms with E-state index < -0.39 is 0 Å². The Labute approximate surface area is 139 Å². The Morgan fingerprint density at radius 3 is 2.59 bits per heavy atom. The molecule has 112 valence electrons. The highest BCUT2D eigenvalue weighted by Gasteiger charge is 2.15. The number of benzene rings is 1. The highest BCUT2D eigenvalue weighted by atomic mass is 35.5. The SMILES string of the molecule is CCCc1sc(-c2cnccc2C)nc1-c1ccc(Cl)cc1. The normalized spacial score (nSPS) is 10.9. The van der Waals surface area contributed by atoms with Crippen LogP contribution in [0.2, 0.25) is 5.02 Å². The van der Waals surface area contributed by atoms with Crippen LogP contribution in [0.25, 0.3) is 21.8 Å². The summed E-state index contributed by atoms with van der Waals surface area (Å²) in [6.07, 6.45) is 5.86. The fourth-order valence-corrected chi connectivity index (χ4v) is 3.77. The summed E-state index contributed by atoms with van der Waals surface area (Å²) in [7, 11) is 0. The van der Waals surface area contributed by atoms with E-state index in [0.29, 0.717) is 0 Å². The van der Waals surface area contributed by atoms with E-state index in [2.05, 4.69) is 18.8 Å². The maximum Gasteiger partial charge on any atom is 0.126 e. The zero-order chi connectivity index (χ0) is 15.5. The van der Waals surface area contributed by atoms with E-state index in [9.17, 15) is 0 Å². The maximum atomic E-state index is 6.00. The molecule has 2 aromatic heterocycles. The van der Waals surface area contributed by atoms with E-state index in [-0.39, 0.29) is 0 Å². The standard InChI is InChI=1S/C18H17ClN2S/c1-3-4-16-17(13-5-7-14(19)8-6-13)21-18(22-16)15-11-20-10-9-12(15)2/h5-11H,3-4H2,1-2H3. The molecule has 4 heteroatoms. The molecule has 2 heterocycles. The zero-order valence-corrected chi connectivity index (χ0v) is 14.2. The number of thiazole rings is 1. The van der Waals surface area contributed by atoms with Crippen LogP contribution in [-0.2, 0) is 6.42 Å². The Hall–Kier alpha value is -1.71. The topological polar surface area (TPSA) is 25.8 Å². The zero-order valence-electron chi connectivity index (χ0n) is 12.6. The minimum atomic E-state index is 0.749.